The fourth-order valence-corrected chi connectivity index (χ4v) is 4.11. The van der Waals surface area contributed by atoms with Crippen molar-refractivity contribution in [3.8, 4) is 0 Å². The van der Waals surface area contributed by atoms with E-state index in [1.165, 1.54) is 0 Å². The van der Waals surface area contributed by atoms with Gasteiger partial charge in [0.25, 0.3) is 10.1 Å². The molecule has 0 aromatic carbocycles. The highest BCUT2D eigenvalue weighted by Crippen LogP contribution is 2.20. The lowest BCUT2D eigenvalue weighted by Crippen LogP contribution is -2.36. The van der Waals surface area contributed by atoms with Crippen molar-refractivity contribution in [3.05, 3.63) is 0 Å². The van der Waals surface area contributed by atoms with Gasteiger partial charge in [-0.2, -0.15) is 8.42 Å². The van der Waals surface area contributed by atoms with Gasteiger partial charge in [-0.05, 0) is 51.4 Å². The topological polar surface area (TPSA) is 107 Å². The van der Waals surface area contributed by atoms with Gasteiger partial charge in [0.05, 0.1) is 18.6 Å². The zero-order valence-corrected chi connectivity index (χ0v) is 20.4. The maximum absolute atomic E-state index is 12.3. The molecule has 0 aromatic heterocycles. The molecule has 0 saturated heterocycles. The normalized spacial score (nSPS) is 15.1. The predicted molar refractivity (Wildman–Crippen MR) is 118 cm³/mol. The van der Waals surface area contributed by atoms with Crippen molar-refractivity contribution < 1.29 is 32.0 Å². The smallest absolute Gasteiger partial charge is 0.327 e. The Balaban J connectivity index is 4.77. The van der Waals surface area contributed by atoms with Crippen LogP contribution in [0.2, 0.25) is 0 Å². The molecule has 30 heavy (non-hydrogen) atoms. The van der Waals surface area contributed by atoms with Crippen LogP contribution < -0.4 is 0 Å². The minimum atomic E-state index is -4.79. The molecule has 178 valence electrons. The van der Waals surface area contributed by atoms with Gasteiger partial charge in [-0.15, -0.1) is 0 Å². The summed E-state index contributed by atoms with van der Waals surface area (Å²) < 4.78 is 43.3. The molecule has 0 heterocycles. The Morgan fingerprint density at radius 2 is 1.17 bits per heavy atom. The molecule has 7 nitrogen and oxygen atoms in total. The Bertz CT molecular complexity index is 595. The van der Waals surface area contributed by atoms with Crippen molar-refractivity contribution >= 4 is 22.1 Å². The predicted octanol–water partition coefficient (Wildman–Crippen LogP) is 4.93. The van der Waals surface area contributed by atoms with Crippen molar-refractivity contribution in [2.75, 3.05) is 0 Å². The number of carbonyl (C=O) groups excluding carboxylic acids is 2. The largest absolute Gasteiger partial charge is 0.463 e. The quantitative estimate of drug-likeness (QED) is 0.262. The first-order chi connectivity index (χ1) is 14.0. The molecule has 0 saturated carbocycles. The first-order valence-electron chi connectivity index (χ1n) is 11.3. The van der Waals surface area contributed by atoms with Crippen LogP contribution in [0.5, 0.6) is 0 Å². The van der Waals surface area contributed by atoms with E-state index < -0.39 is 45.9 Å². The second kappa shape index (κ2) is 14.8. The highest BCUT2D eigenvalue weighted by Gasteiger charge is 2.36. The maximum atomic E-state index is 12.3. The van der Waals surface area contributed by atoms with Gasteiger partial charge in [-0.3, -0.25) is 14.1 Å². The van der Waals surface area contributed by atoms with E-state index in [2.05, 4.69) is 27.7 Å². The summed E-state index contributed by atoms with van der Waals surface area (Å²) in [5, 5.41) is -1.97. The molecule has 0 aliphatic carbocycles. The number of hydrogen-bond donors (Lipinski definition) is 1. The van der Waals surface area contributed by atoms with Crippen molar-refractivity contribution in [2.24, 2.45) is 11.8 Å². The van der Waals surface area contributed by atoms with Gasteiger partial charge in [-0.25, -0.2) is 0 Å². The SMILES string of the molecule is CCC(CC)CCC(C)OC(=O)CC(C(=O)OC(C)CCC(CC)CC)S(=O)(=O)O. The van der Waals surface area contributed by atoms with E-state index in [9.17, 15) is 22.6 Å². The van der Waals surface area contributed by atoms with E-state index in [1.54, 1.807) is 13.8 Å². The Labute approximate surface area is 183 Å². The van der Waals surface area contributed by atoms with Crippen molar-refractivity contribution in [1.29, 1.82) is 0 Å². The fraction of sp³-hybridized carbons (Fsp3) is 0.909. The number of rotatable bonds is 16. The average molecular weight is 451 g/mol. The van der Waals surface area contributed by atoms with E-state index in [1.807, 2.05) is 0 Å². The summed E-state index contributed by atoms with van der Waals surface area (Å²) in [6.07, 6.45) is 5.48. The zero-order valence-electron chi connectivity index (χ0n) is 19.6. The van der Waals surface area contributed by atoms with Crippen LogP contribution in [0.4, 0.5) is 0 Å². The van der Waals surface area contributed by atoms with Crippen LogP contribution in [0.1, 0.15) is 99.3 Å². The highest BCUT2D eigenvalue weighted by molar-refractivity contribution is 7.87. The van der Waals surface area contributed by atoms with Gasteiger partial charge in [0, 0.05) is 0 Å². The summed E-state index contributed by atoms with van der Waals surface area (Å²) in [6, 6.07) is 0. The molecule has 0 bridgehead atoms. The third kappa shape index (κ3) is 11.9. The molecule has 8 heteroatoms. The van der Waals surface area contributed by atoms with Crippen LogP contribution in [-0.4, -0.2) is 42.4 Å². The summed E-state index contributed by atoms with van der Waals surface area (Å²) in [5.41, 5.74) is 0. The third-order valence-corrected chi connectivity index (χ3v) is 6.97. The summed E-state index contributed by atoms with van der Waals surface area (Å²) in [4.78, 5) is 24.5. The average Bonchev–Trinajstić information content (AvgIpc) is 2.66. The molecule has 0 aliphatic rings. The Hall–Kier alpha value is -1.15. The van der Waals surface area contributed by atoms with Crippen LogP contribution in [0.15, 0.2) is 0 Å². The van der Waals surface area contributed by atoms with Crippen LogP contribution >= 0.6 is 0 Å². The molecule has 0 aromatic rings. The summed E-state index contributed by atoms with van der Waals surface area (Å²) >= 11 is 0. The molecule has 0 spiro atoms. The Morgan fingerprint density at radius 3 is 1.53 bits per heavy atom. The monoisotopic (exact) mass is 450 g/mol. The summed E-state index contributed by atoms with van der Waals surface area (Å²) in [6.45, 7) is 11.8. The van der Waals surface area contributed by atoms with Gasteiger partial charge in [-0.1, -0.05) is 53.4 Å². The van der Waals surface area contributed by atoms with E-state index in [4.69, 9.17) is 9.47 Å². The van der Waals surface area contributed by atoms with Crippen LogP contribution in [0.25, 0.3) is 0 Å². The van der Waals surface area contributed by atoms with E-state index in [-0.39, 0.29) is 0 Å². The first-order valence-corrected chi connectivity index (χ1v) is 12.8. The van der Waals surface area contributed by atoms with E-state index >= 15 is 0 Å². The van der Waals surface area contributed by atoms with Crippen molar-refractivity contribution in [1.82, 2.24) is 0 Å². The molecule has 0 amide bonds. The summed E-state index contributed by atoms with van der Waals surface area (Å²) in [7, 11) is -4.79. The number of ether oxygens (including phenoxy) is 2. The van der Waals surface area contributed by atoms with Gasteiger partial charge in [0.15, 0.2) is 5.25 Å². The standard InChI is InChI=1S/C22H42O7S/c1-7-18(8-2)13-11-16(5)28-21(23)15-20(30(25,26)27)22(24)29-17(6)12-14-19(9-3)10-4/h16-20H,7-15H2,1-6H3,(H,25,26,27). The third-order valence-electron chi connectivity index (χ3n) is 5.90. The molecule has 1 N–H and O–H groups in total. The van der Waals surface area contributed by atoms with Crippen LogP contribution in [-0.2, 0) is 29.2 Å². The van der Waals surface area contributed by atoms with E-state index in [0.29, 0.717) is 24.7 Å². The van der Waals surface area contributed by atoms with Gasteiger partial charge >= 0.3 is 11.9 Å². The fourth-order valence-electron chi connectivity index (χ4n) is 3.46. The van der Waals surface area contributed by atoms with Gasteiger partial charge in [0.1, 0.15) is 0 Å². The molecule has 0 fully saturated rings. The van der Waals surface area contributed by atoms with Crippen molar-refractivity contribution in [2.45, 2.75) is 117 Å². The molecule has 0 rings (SSSR count). The van der Waals surface area contributed by atoms with Gasteiger partial charge < -0.3 is 9.47 Å². The number of carbonyl (C=O) groups is 2. The van der Waals surface area contributed by atoms with E-state index in [0.717, 1.165) is 38.5 Å². The molecular weight excluding hydrogens is 408 g/mol. The molecule has 3 unspecified atom stereocenters. The lowest BCUT2D eigenvalue weighted by atomic mass is 9.96. The number of esters is 2. The van der Waals surface area contributed by atoms with Crippen LogP contribution in [0.3, 0.4) is 0 Å². The van der Waals surface area contributed by atoms with Gasteiger partial charge in [0.2, 0.25) is 0 Å². The van der Waals surface area contributed by atoms with Crippen molar-refractivity contribution in [3.63, 3.8) is 0 Å². The number of hydrogen-bond acceptors (Lipinski definition) is 6. The molecule has 0 aliphatic heterocycles. The zero-order chi connectivity index (χ0) is 23.3. The second-order valence-electron chi connectivity index (χ2n) is 8.28. The lowest BCUT2D eigenvalue weighted by molar-refractivity contribution is -0.155. The molecule has 0 radical (unpaired) electrons. The second-order valence-corrected chi connectivity index (χ2v) is 9.87. The Morgan fingerprint density at radius 1 is 0.767 bits per heavy atom. The minimum Gasteiger partial charge on any atom is -0.463 e. The van der Waals surface area contributed by atoms with Crippen LogP contribution in [0, 0.1) is 11.8 Å². The maximum Gasteiger partial charge on any atom is 0.327 e. The molecule has 3 atom stereocenters. The molecular formula is C22H42O7S. The first kappa shape index (κ1) is 28.9. The minimum absolute atomic E-state index is 0.393. The highest BCUT2D eigenvalue weighted by atomic mass is 32.2. The lowest BCUT2D eigenvalue weighted by Gasteiger charge is -2.20. The Kier molecular flexibility index (Phi) is 14.2. The summed E-state index contributed by atoms with van der Waals surface area (Å²) in [5.74, 6) is -0.888.